The average Bonchev–Trinajstić information content (AvgIpc) is 2.66. The molecule has 160 valence electrons. The molecule has 1 aromatic rings. The number of carbonyl (C=O) groups excluding carboxylic acids is 1. The first kappa shape index (κ1) is 21.5. The summed E-state index contributed by atoms with van der Waals surface area (Å²) in [6.45, 7) is 0.608. The highest BCUT2D eigenvalue weighted by molar-refractivity contribution is 5.75. The van der Waals surface area contributed by atoms with E-state index < -0.39 is 24.4 Å². The topological polar surface area (TPSA) is 35.6 Å². The van der Waals surface area contributed by atoms with E-state index in [0.29, 0.717) is 51.9 Å². The third-order valence-electron chi connectivity index (χ3n) is 5.33. The standard InChI is InChI=1S/C20H24F5N3O/c21-16-1-2-18(22)15(12-16)11-14-3-9-28(10-4-14)19(29)26-17-5-7-27(8-6-17)13-20(23,24)25/h1-2,11-12,17H,3-10,13H2,(H,26,29). The molecule has 2 saturated heterocycles. The maximum absolute atomic E-state index is 13.8. The number of urea groups is 1. The normalized spacial score (nSPS) is 19.3. The van der Waals surface area contributed by atoms with Gasteiger partial charge in [0.05, 0.1) is 6.54 Å². The minimum absolute atomic E-state index is 0.134. The number of alkyl halides is 3. The lowest BCUT2D eigenvalue weighted by atomic mass is 10.0. The Hall–Kier alpha value is -2.16. The smallest absolute Gasteiger partial charge is 0.335 e. The summed E-state index contributed by atoms with van der Waals surface area (Å²) >= 11 is 0. The van der Waals surface area contributed by atoms with Crippen LogP contribution in [-0.2, 0) is 0 Å². The summed E-state index contributed by atoms with van der Waals surface area (Å²) in [6.07, 6.45) is -0.478. The van der Waals surface area contributed by atoms with Crippen molar-refractivity contribution in [2.75, 3.05) is 32.7 Å². The van der Waals surface area contributed by atoms with Gasteiger partial charge < -0.3 is 10.2 Å². The largest absolute Gasteiger partial charge is 0.401 e. The molecule has 0 saturated carbocycles. The fourth-order valence-electron chi connectivity index (χ4n) is 3.74. The number of nitrogens with one attached hydrogen (secondary N) is 1. The predicted molar refractivity (Wildman–Crippen MR) is 99.2 cm³/mol. The van der Waals surface area contributed by atoms with Crippen molar-refractivity contribution in [1.82, 2.24) is 15.1 Å². The summed E-state index contributed by atoms with van der Waals surface area (Å²) in [5.74, 6) is -0.993. The zero-order valence-electron chi connectivity index (χ0n) is 15.9. The van der Waals surface area contributed by atoms with Crippen LogP contribution in [-0.4, -0.2) is 60.8 Å². The van der Waals surface area contributed by atoms with Gasteiger partial charge in [-0.1, -0.05) is 11.6 Å². The lowest BCUT2D eigenvalue weighted by molar-refractivity contribution is -0.148. The molecule has 9 heteroatoms. The van der Waals surface area contributed by atoms with Crippen molar-refractivity contribution in [2.24, 2.45) is 0 Å². The number of amides is 2. The van der Waals surface area contributed by atoms with Gasteiger partial charge >= 0.3 is 12.2 Å². The van der Waals surface area contributed by atoms with Crippen molar-refractivity contribution in [2.45, 2.75) is 37.9 Å². The Morgan fingerprint density at radius 3 is 2.38 bits per heavy atom. The van der Waals surface area contributed by atoms with Gasteiger partial charge in [-0.25, -0.2) is 13.6 Å². The molecule has 2 fully saturated rings. The molecule has 0 aliphatic carbocycles. The number of hydrogen-bond donors (Lipinski definition) is 1. The van der Waals surface area contributed by atoms with E-state index in [1.54, 1.807) is 11.0 Å². The Morgan fingerprint density at radius 1 is 1.10 bits per heavy atom. The third-order valence-corrected chi connectivity index (χ3v) is 5.33. The van der Waals surface area contributed by atoms with Crippen LogP contribution in [0.4, 0.5) is 26.7 Å². The minimum Gasteiger partial charge on any atom is -0.335 e. The Morgan fingerprint density at radius 2 is 1.76 bits per heavy atom. The Kier molecular flexibility index (Phi) is 6.77. The van der Waals surface area contributed by atoms with E-state index in [1.807, 2.05) is 0 Å². The number of likely N-dealkylation sites (tertiary alicyclic amines) is 2. The van der Waals surface area contributed by atoms with Crippen molar-refractivity contribution >= 4 is 12.1 Å². The number of benzene rings is 1. The van der Waals surface area contributed by atoms with Crippen LogP contribution in [0.1, 0.15) is 31.2 Å². The molecule has 0 spiro atoms. The molecule has 0 radical (unpaired) electrons. The molecule has 2 aliphatic rings. The van der Waals surface area contributed by atoms with Crippen LogP contribution in [0.5, 0.6) is 0 Å². The van der Waals surface area contributed by atoms with Gasteiger partial charge in [0, 0.05) is 37.8 Å². The Bertz CT molecular complexity index is 747. The maximum Gasteiger partial charge on any atom is 0.401 e. The molecular formula is C20H24F5N3O. The molecule has 4 nitrogen and oxygen atoms in total. The molecule has 1 N–H and O–H groups in total. The minimum atomic E-state index is -4.20. The first-order valence-corrected chi connectivity index (χ1v) is 9.68. The Balaban J connectivity index is 1.45. The fourth-order valence-corrected chi connectivity index (χ4v) is 3.74. The van der Waals surface area contributed by atoms with E-state index in [4.69, 9.17) is 0 Å². The molecule has 1 aromatic carbocycles. The van der Waals surface area contributed by atoms with Gasteiger partial charge in [-0.2, -0.15) is 13.2 Å². The molecule has 2 amide bonds. The lowest BCUT2D eigenvalue weighted by Crippen LogP contribution is -2.51. The SMILES string of the molecule is O=C(NC1CCN(CC(F)(F)F)CC1)N1CCC(=Cc2cc(F)ccc2F)CC1. The first-order chi connectivity index (χ1) is 13.7. The van der Waals surface area contributed by atoms with E-state index >= 15 is 0 Å². The average molecular weight is 417 g/mol. The van der Waals surface area contributed by atoms with Gasteiger partial charge in [-0.3, -0.25) is 4.90 Å². The van der Waals surface area contributed by atoms with Crippen LogP contribution in [0.3, 0.4) is 0 Å². The second-order valence-corrected chi connectivity index (χ2v) is 7.57. The van der Waals surface area contributed by atoms with E-state index in [-0.39, 0.29) is 17.6 Å². The molecule has 2 aliphatic heterocycles. The van der Waals surface area contributed by atoms with E-state index in [1.165, 1.54) is 4.90 Å². The Labute approximate surface area is 166 Å². The molecule has 0 bridgehead atoms. The monoisotopic (exact) mass is 417 g/mol. The summed E-state index contributed by atoms with van der Waals surface area (Å²) in [6, 6.07) is 2.94. The predicted octanol–water partition coefficient (Wildman–Crippen LogP) is 4.18. The van der Waals surface area contributed by atoms with E-state index in [0.717, 1.165) is 23.8 Å². The first-order valence-electron chi connectivity index (χ1n) is 9.68. The van der Waals surface area contributed by atoms with E-state index in [2.05, 4.69) is 5.32 Å². The quantitative estimate of drug-likeness (QED) is 0.749. The van der Waals surface area contributed by atoms with Crippen LogP contribution in [0.2, 0.25) is 0 Å². The molecule has 29 heavy (non-hydrogen) atoms. The number of nitrogens with zero attached hydrogens (tertiary/aromatic N) is 2. The zero-order chi connectivity index (χ0) is 21.0. The van der Waals surface area contributed by atoms with Crippen molar-refractivity contribution in [3.8, 4) is 0 Å². The zero-order valence-corrected chi connectivity index (χ0v) is 15.9. The molecule has 3 rings (SSSR count). The third kappa shape index (κ3) is 6.42. The van der Waals surface area contributed by atoms with Crippen LogP contribution < -0.4 is 5.32 Å². The molecule has 2 heterocycles. The van der Waals surface area contributed by atoms with Gasteiger partial charge in [0.15, 0.2) is 0 Å². The van der Waals surface area contributed by atoms with Gasteiger partial charge in [-0.15, -0.1) is 0 Å². The van der Waals surface area contributed by atoms with Gasteiger partial charge in [0.1, 0.15) is 11.6 Å². The highest BCUT2D eigenvalue weighted by Gasteiger charge is 2.33. The molecule has 0 atom stereocenters. The lowest BCUT2D eigenvalue weighted by Gasteiger charge is -2.35. The molecule has 0 unspecified atom stereocenters. The van der Waals surface area contributed by atoms with Crippen molar-refractivity contribution in [3.05, 3.63) is 41.0 Å². The van der Waals surface area contributed by atoms with Crippen molar-refractivity contribution in [3.63, 3.8) is 0 Å². The van der Waals surface area contributed by atoms with Crippen LogP contribution >= 0.6 is 0 Å². The summed E-state index contributed by atoms with van der Waals surface area (Å²) < 4.78 is 64.4. The number of carbonyl (C=O) groups is 1. The van der Waals surface area contributed by atoms with Gasteiger partial charge in [-0.05, 0) is 43.9 Å². The van der Waals surface area contributed by atoms with Crippen LogP contribution in [0.25, 0.3) is 6.08 Å². The molecule has 0 aromatic heterocycles. The maximum atomic E-state index is 13.8. The van der Waals surface area contributed by atoms with Crippen molar-refractivity contribution < 1.29 is 26.7 Å². The van der Waals surface area contributed by atoms with Crippen LogP contribution in [0, 0.1) is 11.6 Å². The number of hydrogen-bond acceptors (Lipinski definition) is 2. The summed E-state index contributed by atoms with van der Waals surface area (Å²) in [5.41, 5.74) is 1.14. The van der Waals surface area contributed by atoms with Gasteiger partial charge in [0.2, 0.25) is 0 Å². The second kappa shape index (κ2) is 9.11. The summed E-state index contributed by atoms with van der Waals surface area (Å²) in [7, 11) is 0. The van der Waals surface area contributed by atoms with E-state index in [9.17, 15) is 26.7 Å². The fraction of sp³-hybridized carbons (Fsp3) is 0.550. The highest BCUT2D eigenvalue weighted by atomic mass is 19.4. The van der Waals surface area contributed by atoms with Crippen LogP contribution in [0.15, 0.2) is 23.8 Å². The number of piperidine rings is 2. The second-order valence-electron chi connectivity index (χ2n) is 7.57. The van der Waals surface area contributed by atoms with Crippen molar-refractivity contribution in [1.29, 1.82) is 0 Å². The number of rotatable bonds is 3. The number of halogens is 5. The molecular weight excluding hydrogens is 393 g/mol. The summed E-state index contributed by atoms with van der Waals surface area (Å²) in [4.78, 5) is 15.4. The summed E-state index contributed by atoms with van der Waals surface area (Å²) in [5, 5.41) is 2.90. The van der Waals surface area contributed by atoms with Gasteiger partial charge in [0.25, 0.3) is 0 Å². The highest BCUT2D eigenvalue weighted by Crippen LogP contribution is 2.23.